The Morgan fingerprint density at radius 2 is 2.00 bits per heavy atom. The van der Waals surface area contributed by atoms with E-state index < -0.39 is 0 Å². The Labute approximate surface area is 130 Å². The summed E-state index contributed by atoms with van der Waals surface area (Å²) < 4.78 is 0. The van der Waals surface area contributed by atoms with Crippen molar-refractivity contribution in [1.82, 2.24) is 4.90 Å². The zero-order valence-electron chi connectivity index (χ0n) is 11.8. The minimum absolute atomic E-state index is 0.00730. The normalized spacial score (nSPS) is 12.8. The van der Waals surface area contributed by atoms with Gasteiger partial charge in [0.05, 0.1) is 0 Å². The van der Waals surface area contributed by atoms with E-state index in [0.29, 0.717) is 0 Å². The van der Waals surface area contributed by atoms with Crippen LogP contribution in [-0.2, 0) is 6.42 Å². The molecule has 0 radical (unpaired) electrons. The number of nitrogens with zero attached hydrogens (tertiary/aromatic N) is 1. The summed E-state index contributed by atoms with van der Waals surface area (Å²) >= 11 is 7.99. The Kier molecular flexibility index (Phi) is 6.05. The van der Waals surface area contributed by atoms with Gasteiger partial charge in [0.2, 0.25) is 0 Å². The minimum Gasteiger partial charge on any atom is -0.324 e. The molecule has 0 amide bonds. The SMILES string of the molecule is CN(CCc1cccs1)CCC(N)c1ccccc1Cl. The average molecular weight is 309 g/mol. The summed E-state index contributed by atoms with van der Waals surface area (Å²) in [6.07, 6.45) is 2.03. The molecule has 0 saturated heterocycles. The molecule has 2 nitrogen and oxygen atoms in total. The van der Waals surface area contributed by atoms with Crippen LogP contribution in [0.3, 0.4) is 0 Å². The number of halogens is 1. The number of hydrogen-bond acceptors (Lipinski definition) is 3. The molecule has 4 heteroatoms. The number of likely N-dealkylation sites (N-methyl/N-ethyl adjacent to an activating group) is 1. The number of benzene rings is 1. The maximum absolute atomic E-state index is 6.23. The van der Waals surface area contributed by atoms with E-state index in [1.165, 1.54) is 4.88 Å². The number of thiophene rings is 1. The number of rotatable bonds is 7. The van der Waals surface area contributed by atoms with Gasteiger partial charge in [-0.05, 0) is 49.5 Å². The first-order chi connectivity index (χ1) is 9.66. The van der Waals surface area contributed by atoms with Gasteiger partial charge in [0.25, 0.3) is 0 Å². The molecule has 1 aromatic heterocycles. The van der Waals surface area contributed by atoms with E-state index in [1.807, 2.05) is 35.6 Å². The van der Waals surface area contributed by atoms with E-state index in [-0.39, 0.29) is 6.04 Å². The highest BCUT2D eigenvalue weighted by atomic mass is 35.5. The van der Waals surface area contributed by atoms with E-state index in [4.69, 9.17) is 17.3 Å². The topological polar surface area (TPSA) is 29.3 Å². The minimum atomic E-state index is 0.00730. The van der Waals surface area contributed by atoms with Gasteiger partial charge < -0.3 is 10.6 Å². The third-order valence-electron chi connectivity index (χ3n) is 3.45. The van der Waals surface area contributed by atoms with Gasteiger partial charge in [-0.3, -0.25) is 0 Å². The molecule has 0 aliphatic carbocycles. The van der Waals surface area contributed by atoms with Gasteiger partial charge in [-0.25, -0.2) is 0 Å². The lowest BCUT2D eigenvalue weighted by Crippen LogP contribution is -2.25. The quantitative estimate of drug-likeness (QED) is 0.838. The van der Waals surface area contributed by atoms with Crippen LogP contribution in [0.1, 0.15) is 22.9 Å². The Hall–Kier alpha value is -0.870. The Morgan fingerprint density at radius 1 is 1.20 bits per heavy atom. The van der Waals surface area contributed by atoms with Crippen molar-refractivity contribution in [2.75, 3.05) is 20.1 Å². The van der Waals surface area contributed by atoms with Crippen molar-refractivity contribution >= 4 is 22.9 Å². The fourth-order valence-corrected chi connectivity index (χ4v) is 3.13. The van der Waals surface area contributed by atoms with Crippen molar-refractivity contribution in [1.29, 1.82) is 0 Å². The molecule has 1 aromatic carbocycles. The zero-order chi connectivity index (χ0) is 14.4. The third-order valence-corrected chi connectivity index (χ3v) is 4.73. The van der Waals surface area contributed by atoms with Crippen molar-refractivity contribution in [3.05, 3.63) is 57.2 Å². The van der Waals surface area contributed by atoms with Crippen LogP contribution in [0.15, 0.2) is 41.8 Å². The molecule has 0 bridgehead atoms. The largest absolute Gasteiger partial charge is 0.324 e. The van der Waals surface area contributed by atoms with Crippen LogP contribution in [0, 0.1) is 0 Å². The molecule has 108 valence electrons. The average Bonchev–Trinajstić information content (AvgIpc) is 2.96. The van der Waals surface area contributed by atoms with Crippen molar-refractivity contribution < 1.29 is 0 Å². The summed E-state index contributed by atoms with van der Waals surface area (Å²) in [5, 5.41) is 2.89. The van der Waals surface area contributed by atoms with Crippen LogP contribution < -0.4 is 5.73 Å². The van der Waals surface area contributed by atoms with E-state index in [0.717, 1.165) is 36.5 Å². The predicted octanol–water partition coefficient (Wildman–Crippen LogP) is 3.97. The van der Waals surface area contributed by atoms with E-state index in [9.17, 15) is 0 Å². The maximum atomic E-state index is 6.23. The molecule has 2 aromatic rings. The fourth-order valence-electron chi connectivity index (χ4n) is 2.16. The summed E-state index contributed by atoms with van der Waals surface area (Å²) in [5.74, 6) is 0. The van der Waals surface area contributed by atoms with E-state index in [1.54, 1.807) is 0 Å². The summed E-state index contributed by atoms with van der Waals surface area (Å²) in [5.41, 5.74) is 7.27. The lowest BCUT2D eigenvalue weighted by atomic mass is 10.0. The Balaban J connectivity index is 1.75. The monoisotopic (exact) mass is 308 g/mol. The molecule has 20 heavy (non-hydrogen) atoms. The molecule has 0 aliphatic heterocycles. The molecule has 2 rings (SSSR count). The second-order valence-electron chi connectivity index (χ2n) is 5.05. The highest BCUT2D eigenvalue weighted by molar-refractivity contribution is 7.09. The van der Waals surface area contributed by atoms with Gasteiger partial charge in [0.1, 0.15) is 0 Å². The fraction of sp³-hybridized carbons (Fsp3) is 0.375. The lowest BCUT2D eigenvalue weighted by Gasteiger charge is -2.20. The van der Waals surface area contributed by atoms with Gasteiger partial charge in [0, 0.05) is 22.5 Å². The first kappa shape index (κ1) is 15.5. The first-order valence-electron chi connectivity index (χ1n) is 6.87. The van der Waals surface area contributed by atoms with Crippen LogP contribution in [0.5, 0.6) is 0 Å². The van der Waals surface area contributed by atoms with Gasteiger partial charge in [-0.1, -0.05) is 35.9 Å². The summed E-state index contributed by atoms with van der Waals surface area (Å²) in [7, 11) is 2.15. The van der Waals surface area contributed by atoms with Crippen LogP contribution in [0.25, 0.3) is 0 Å². The second-order valence-corrected chi connectivity index (χ2v) is 6.49. The van der Waals surface area contributed by atoms with Gasteiger partial charge in [-0.2, -0.15) is 0 Å². The maximum Gasteiger partial charge on any atom is 0.0453 e. The highest BCUT2D eigenvalue weighted by Gasteiger charge is 2.10. The van der Waals surface area contributed by atoms with Crippen LogP contribution in [0.2, 0.25) is 5.02 Å². The molecule has 1 heterocycles. The summed E-state index contributed by atoms with van der Waals surface area (Å²) in [6.45, 7) is 2.05. The molecule has 1 unspecified atom stereocenters. The smallest absolute Gasteiger partial charge is 0.0453 e. The molecular formula is C16H21ClN2S. The first-order valence-corrected chi connectivity index (χ1v) is 8.13. The Bertz CT molecular complexity index is 513. The van der Waals surface area contributed by atoms with E-state index >= 15 is 0 Å². The summed E-state index contributed by atoms with van der Waals surface area (Å²) in [4.78, 5) is 3.77. The lowest BCUT2D eigenvalue weighted by molar-refractivity contribution is 0.323. The summed E-state index contributed by atoms with van der Waals surface area (Å²) in [6, 6.07) is 12.1. The molecule has 1 atom stereocenters. The van der Waals surface area contributed by atoms with Crippen LogP contribution in [0.4, 0.5) is 0 Å². The second kappa shape index (κ2) is 7.79. The van der Waals surface area contributed by atoms with Crippen molar-refractivity contribution in [2.45, 2.75) is 18.9 Å². The van der Waals surface area contributed by atoms with Crippen molar-refractivity contribution in [3.8, 4) is 0 Å². The van der Waals surface area contributed by atoms with Gasteiger partial charge in [0.15, 0.2) is 0 Å². The molecular weight excluding hydrogens is 288 g/mol. The standard InChI is InChI=1S/C16H21ClN2S/c1-19(10-8-13-5-4-12-20-13)11-9-16(18)14-6-2-3-7-15(14)17/h2-7,12,16H,8-11,18H2,1H3. The van der Waals surface area contributed by atoms with Crippen LogP contribution in [-0.4, -0.2) is 25.0 Å². The number of hydrogen-bond donors (Lipinski definition) is 1. The molecule has 2 N–H and O–H groups in total. The van der Waals surface area contributed by atoms with Crippen molar-refractivity contribution in [3.63, 3.8) is 0 Å². The van der Waals surface area contributed by atoms with Gasteiger partial charge in [-0.15, -0.1) is 11.3 Å². The third kappa shape index (κ3) is 4.60. The molecule has 0 saturated carbocycles. The van der Waals surface area contributed by atoms with Gasteiger partial charge >= 0.3 is 0 Å². The molecule has 0 spiro atoms. The van der Waals surface area contributed by atoms with Crippen molar-refractivity contribution in [2.24, 2.45) is 5.73 Å². The van der Waals surface area contributed by atoms with E-state index in [2.05, 4.69) is 29.5 Å². The van der Waals surface area contributed by atoms with Crippen LogP contribution >= 0.6 is 22.9 Å². The predicted molar refractivity (Wildman–Crippen MR) is 88.5 cm³/mol. The number of nitrogens with two attached hydrogens (primary N) is 1. The molecule has 0 aliphatic rings. The molecule has 0 fully saturated rings. The Morgan fingerprint density at radius 3 is 2.70 bits per heavy atom. The zero-order valence-corrected chi connectivity index (χ0v) is 13.3. The highest BCUT2D eigenvalue weighted by Crippen LogP contribution is 2.23.